The maximum absolute atomic E-state index is 13.5. The van der Waals surface area contributed by atoms with Gasteiger partial charge in [-0.2, -0.15) is 0 Å². The Morgan fingerprint density at radius 3 is 2.76 bits per heavy atom. The van der Waals surface area contributed by atoms with E-state index in [1.807, 2.05) is 48.2 Å². The lowest BCUT2D eigenvalue weighted by Crippen LogP contribution is -2.40. The summed E-state index contributed by atoms with van der Waals surface area (Å²) in [5, 5.41) is 0.757. The molecular formula is C23H25N3O2S. The van der Waals surface area contributed by atoms with E-state index < -0.39 is 0 Å². The van der Waals surface area contributed by atoms with Crippen molar-refractivity contribution >= 4 is 34.1 Å². The predicted molar refractivity (Wildman–Crippen MR) is 118 cm³/mol. The van der Waals surface area contributed by atoms with Gasteiger partial charge in [-0.1, -0.05) is 31.4 Å². The molecule has 29 heavy (non-hydrogen) atoms. The number of thioether (sulfide) groups is 1. The molecule has 2 aliphatic rings. The predicted octanol–water partition coefficient (Wildman–Crippen LogP) is 5.42. The maximum atomic E-state index is 13.5. The topological polar surface area (TPSA) is 54.8 Å². The molecule has 0 N–H and O–H groups in total. The number of aliphatic imine (C=N–C) groups is 1. The number of allylic oxidation sites excluding steroid dienone is 1. The average molecular weight is 408 g/mol. The highest BCUT2D eigenvalue weighted by Crippen LogP contribution is 2.41. The lowest BCUT2D eigenvalue weighted by Gasteiger charge is -2.30. The van der Waals surface area contributed by atoms with Crippen molar-refractivity contribution < 1.29 is 9.53 Å². The molecule has 1 aromatic heterocycles. The number of amidine groups is 1. The van der Waals surface area contributed by atoms with Gasteiger partial charge in [0.15, 0.2) is 5.17 Å². The SMILES string of the molecule is COc1cccc(/C(C)=C2\SC(=Nc3cccnc3)N(C3CCCCC3)C2=O)c1. The lowest BCUT2D eigenvalue weighted by atomic mass is 9.94. The standard InChI is InChI=1S/C23H25N3O2S/c1-16(17-8-6-12-20(14-17)28-2)21-22(27)26(19-10-4-3-5-11-19)23(29-21)25-18-9-7-13-24-15-18/h6-9,12-15,19H,3-5,10-11H2,1-2H3/b21-16-,25-23?. The van der Waals surface area contributed by atoms with E-state index in [-0.39, 0.29) is 11.9 Å². The minimum absolute atomic E-state index is 0.0601. The van der Waals surface area contributed by atoms with Crippen molar-refractivity contribution in [2.75, 3.05) is 7.11 Å². The van der Waals surface area contributed by atoms with Crippen LogP contribution in [0.3, 0.4) is 0 Å². The Bertz CT molecular complexity index is 950. The average Bonchev–Trinajstić information content (AvgIpc) is 3.10. The highest BCUT2D eigenvalue weighted by atomic mass is 32.2. The highest BCUT2D eigenvalue weighted by molar-refractivity contribution is 8.18. The van der Waals surface area contributed by atoms with Gasteiger partial charge in [-0.3, -0.25) is 14.7 Å². The second-order valence-corrected chi connectivity index (χ2v) is 8.34. The van der Waals surface area contributed by atoms with E-state index in [1.165, 1.54) is 18.2 Å². The summed E-state index contributed by atoms with van der Waals surface area (Å²) < 4.78 is 5.36. The number of methoxy groups -OCH3 is 1. The largest absolute Gasteiger partial charge is 0.497 e. The normalized spacial score (nSPS) is 21.0. The van der Waals surface area contributed by atoms with Crippen molar-refractivity contribution in [1.82, 2.24) is 9.88 Å². The van der Waals surface area contributed by atoms with Gasteiger partial charge in [-0.05, 0) is 66.9 Å². The third-order valence-electron chi connectivity index (χ3n) is 5.47. The zero-order chi connectivity index (χ0) is 20.2. The van der Waals surface area contributed by atoms with E-state index in [4.69, 9.17) is 9.73 Å². The smallest absolute Gasteiger partial charge is 0.267 e. The molecule has 2 heterocycles. The summed E-state index contributed by atoms with van der Waals surface area (Å²) in [5.41, 5.74) is 2.71. The third kappa shape index (κ3) is 4.22. The van der Waals surface area contributed by atoms with Crippen molar-refractivity contribution in [3.05, 3.63) is 59.3 Å². The van der Waals surface area contributed by atoms with Gasteiger partial charge in [0.05, 0.1) is 23.9 Å². The Kier molecular flexibility index (Phi) is 6.00. The molecular weight excluding hydrogens is 382 g/mol. The number of carbonyl (C=O) groups is 1. The zero-order valence-electron chi connectivity index (χ0n) is 16.8. The number of benzene rings is 1. The Hall–Kier alpha value is -2.60. The summed E-state index contributed by atoms with van der Waals surface area (Å²) in [4.78, 5) is 25.1. The lowest BCUT2D eigenvalue weighted by molar-refractivity contribution is -0.124. The Morgan fingerprint density at radius 2 is 2.03 bits per heavy atom. The van der Waals surface area contributed by atoms with Crippen LogP contribution in [-0.2, 0) is 4.79 Å². The van der Waals surface area contributed by atoms with Gasteiger partial charge in [0, 0.05) is 12.2 Å². The molecule has 1 amide bonds. The number of hydrogen-bond donors (Lipinski definition) is 0. The fourth-order valence-electron chi connectivity index (χ4n) is 3.87. The van der Waals surface area contributed by atoms with Gasteiger partial charge >= 0.3 is 0 Å². The summed E-state index contributed by atoms with van der Waals surface area (Å²) in [6.07, 6.45) is 9.09. The molecule has 6 heteroatoms. The quantitative estimate of drug-likeness (QED) is 0.635. The van der Waals surface area contributed by atoms with Gasteiger partial charge < -0.3 is 4.74 Å². The van der Waals surface area contributed by atoms with E-state index in [9.17, 15) is 4.79 Å². The number of hydrogen-bond acceptors (Lipinski definition) is 5. The molecule has 4 rings (SSSR count). The number of nitrogens with zero attached hydrogens (tertiary/aromatic N) is 3. The first-order chi connectivity index (χ1) is 14.2. The van der Waals surface area contributed by atoms with Crippen LogP contribution in [0.1, 0.15) is 44.6 Å². The second-order valence-electron chi connectivity index (χ2n) is 7.36. The van der Waals surface area contributed by atoms with Crippen molar-refractivity contribution in [3.8, 4) is 5.75 Å². The Morgan fingerprint density at radius 1 is 1.21 bits per heavy atom. The van der Waals surface area contributed by atoms with Gasteiger partial charge in [-0.15, -0.1) is 0 Å². The molecule has 1 aliphatic heterocycles. The minimum atomic E-state index is 0.0601. The molecule has 1 aliphatic carbocycles. The summed E-state index contributed by atoms with van der Waals surface area (Å²) >= 11 is 1.47. The monoisotopic (exact) mass is 407 g/mol. The molecule has 1 aromatic carbocycles. The Balaban J connectivity index is 1.74. The molecule has 150 valence electrons. The number of aromatic nitrogens is 1. The van der Waals surface area contributed by atoms with Crippen LogP contribution in [0.5, 0.6) is 5.75 Å². The maximum Gasteiger partial charge on any atom is 0.267 e. The highest BCUT2D eigenvalue weighted by Gasteiger charge is 2.39. The molecule has 1 saturated heterocycles. The molecule has 0 radical (unpaired) electrons. The van der Waals surface area contributed by atoms with Crippen LogP contribution in [0, 0.1) is 0 Å². The summed E-state index contributed by atoms with van der Waals surface area (Å²) in [6, 6.07) is 11.8. The summed E-state index contributed by atoms with van der Waals surface area (Å²) in [6.45, 7) is 2.00. The number of rotatable bonds is 4. The van der Waals surface area contributed by atoms with Crippen LogP contribution in [0.4, 0.5) is 5.69 Å². The van der Waals surface area contributed by atoms with Gasteiger partial charge in [0.25, 0.3) is 5.91 Å². The number of amides is 1. The van der Waals surface area contributed by atoms with Gasteiger partial charge in [0.2, 0.25) is 0 Å². The molecule has 0 unspecified atom stereocenters. The molecule has 2 fully saturated rings. The van der Waals surface area contributed by atoms with E-state index in [2.05, 4.69) is 4.98 Å². The van der Waals surface area contributed by atoms with Crippen molar-refractivity contribution in [2.24, 2.45) is 4.99 Å². The minimum Gasteiger partial charge on any atom is -0.497 e. The molecule has 0 spiro atoms. The van der Waals surface area contributed by atoms with Crippen molar-refractivity contribution in [2.45, 2.75) is 45.1 Å². The van der Waals surface area contributed by atoms with Crippen LogP contribution >= 0.6 is 11.8 Å². The first-order valence-electron chi connectivity index (χ1n) is 10.0. The summed E-state index contributed by atoms with van der Waals surface area (Å²) in [5.74, 6) is 0.844. The van der Waals surface area contributed by atoms with Crippen LogP contribution in [0.25, 0.3) is 5.57 Å². The molecule has 5 nitrogen and oxygen atoms in total. The van der Waals surface area contributed by atoms with Crippen LogP contribution < -0.4 is 4.74 Å². The first-order valence-corrected chi connectivity index (χ1v) is 10.8. The van der Waals surface area contributed by atoms with Crippen LogP contribution in [-0.4, -0.2) is 34.1 Å². The molecule has 0 atom stereocenters. The molecule has 2 aromatic rings. The molecule has 0 bridgehead atoms. The molecule has 1 saturated carbocycles. The number of carbonyl (C=O) groups excluding carboxylic acids is 1. The van der Waals surface area contributed by atoms with Crippen molar-refractivity contribution in [3.63, 3.8) is 0 Å². The first kappa shape index (κ1) is 19.7. The van der Waals surface area contributed by atoms with Crippen LogP contribution in [0.2, 0.25) is 0 Å². The summed E-state index contributed by atoms with van der Waals surface area (Å²) in [7, 11) is 1.65. The number of ether oxygens (including phenoxy) is 1. The second kappa shape index (κ2) is 8.82. The van der Waals surface area contributed by atoms with E-state index in [1.54, 1.807) is 19.5 Å². The fourth-order valence-corrected chi connectivity index (χ4v) is 4.99. The third-order valence-corrected chi connectivity index (χ3v) is 6.62. The fraction of sp³-hybridized carbons (Fsp3) is 0.348. The van der Waals surface area contributed by atoms with Crippen molar-refractivity contribution in [1.29, 1.82) is 0 Å². The van der Waals surface area contributed by atoms with Gasteiger partial charge in [-0.25, -0.2) is 4.99 Å². The van der Waals surface area contributed by atoms with Gasteiger partial charge in [0.1, 0.15) is 5.75 Å². The van der Waals surface area contributed by atoms with E-state index >= 15 is 0 Å². The zero-order valence-corrected chi connectivity index (χ0v) is 17.6. The van der Waals surface area contributed by atoms with E-state index in [0.717, 1.165) is 58.3 Å². The van der Waals surface area contributed by atoms with Crippen LogP contribution in [0.15, 0.2) is 58.7 Å². The van der Waals surface area contributed by atoms with E-state index in [0.29, 0.717) is 0 Å². The Labute approximate surface area is 175 Å². The number of pyridine rings is 1.